The third kappa shape index (κ3) is 4.78. The van der Waals surface area contributed by atoms with Gasteiger partial charge in [0, 0.05) is 48.9 Å². The number of rotatable bonds is 7. The predicted molar refractivity (Wildman–Crippen MR) is 136 cm³/mol. The normalized spacial score (nSPS) is 15.2. The number of hydrogen-bond acceptors (Lipinski definition) is 7. The molecule has 0 aliphatic carbocycles. The van der Waals surface area contributed by atoms with Crippen LogP contribution in [-0.2, 0) is 19.9 Å². The number of ketones is 1. The second kappa shape index (κ2) is 9.48. The minimum atomic E-state index is 0.233. The maximum Gasteiger partial charge on any atom is 0.227 e. The van der Waals surface area contributed by atoms with Crippen molar-refractivity contribution in [3.05, 3.63) is 75.4 Å². The number of nitrogens with zero attached hydrogens (tertiary/aromatic N) is 4. The Kier molecular flexibility index (Phi) is 6.26. The lowest BCUT2D eigenvalue weighted by molar-refractivity contribution is 0.0986. The largest absolute Gasteiger partial charge is 0.321 e. The zero-order valence-corrected chi connectivity index (χ0v) is 20.4. The first-order chi connectivity index (χ1) is 16.5. The SMILES string of the molecule is Cc1cc(-c2ccnc(Nc3cnn(C)c3)n2)ccc1CCC(=O)c1cc2c(s1)CCNC2C. The monoisotopic (exact) mass is 472 g/mol. The Balaban J connectivity index is 1.26. The number of fused-ring (bicyclic) bond motifs is 1. The van der Waals surface area contributed by atoms with Crippen molar-refractivity contribution in [1.82, 2.24) is 25.1 Å². The third-order valence-electron chi connectivity index (χ3n) is 6.26. The van der Waals surface area contributed by atoms with Gasteiger partial charge in [-0.1, -0.05) is 12.1 Å². The van der Waals surface area contributed by atoms with Crippen LogP contribution >= 0.6 is 11.3 Å². The van der Waals surface area contributed by atoms with Gasteiger partial charge in [0.1, 0.15) is 0 Å². The fourth-order valence-corrected chi connectivity index (χ4v) is 5.58. The summed E-state index contributed by atoms with van der Waals surface area (Å²) >= 11 is 1.67. The Labute approximate surface area is 203 Å². The molecular weight excluding hydrogens is 444 g/mol. The molecule has 0 radical (unpaired) electrons. The van der Waals surface area contributed by atoms with Gasteiger partial charge < -0.3 is 10.6 Å². The van der Waals surface area contributed by atoms with E-state index in [1.165, 1.54) is 16.0 Å². The van der Waals surface area contributed by atoms with Crippen LogP contribution in [0.5, 0.6) is 0 Å². The molecule has 0 bridgehead atoms. The van der Waals surface area contributed by atoms with Crippen LogP contribution in [0.4, 0.5) is 11.6 Å². The van der Waals surface area contributed by atoms with E-state index in [4.69, 9.17) is 0 Å². The van der Waals surface area contributed by atoms with Crippen LogP contribution in [0.15, 0.2) is 48.9 Å². The highest BCUT2D eigenvalue weighted by Gasteiger charge is 2.21. The van der Waals surface area contributed by atoms with Gasteiger partial charge in [-0.25, -0.2) is 9.97 Å². The summed E-state index contributed by atoms with van der Waals surface area (Å²) in [5, 5.41) is 10.8. The van der Waals surface area contributed by atoms with Gasteiger partial charge in [-0.3, -0.25) is 9.48 Å². The van der Waals surface area contributed by atoms with E-state index in [-0.39, 0.29) is 5.78 Å². The average molecular weight is 473 g/mol. The first-order valence-corrected chi connectivity index (χ1v) is 12.4. The molecular formula is C26H28N6OS. The lowest BCUT2D eigenvalue weighted by atomic mass is 9.98. The number of aromatic nitrogens is 4. The zero-order chi connectivity index (χ0) is 23.7. The molecule has 0 saturated heterocycles. The van der Waals surface area contributed by atoms with Crippen molar-refractivity contribution in [2.24, 2.45) is 7.05 Å². The maximum absolute atomic E-state index is 12.9. The number of nitrogens with one attached hydrogen (secondary N) is 2. The van der Waals surface area contributed by atoms with Crippen molar-refractivity contribution in [3.8, 4) is 11.3 Å². The molecule has 174 valence electrons. The summed E-state index contributed by atoms with van der Waals surface area (Å²) in [6.07, 6.45) is 7.63. The molecule has 1 atom stereocenters. The summed E-state index contributed by atoms with van der Waals surface area (Å²) in [5.74, 6) is 0.762. The topological polar surface area (TPSA) is 84.7 Å². The van der Waals surface area contributed by atoms with Crippen LogP contribution in [-0.4, -0.2) is 32.1 Å². The Morgan fingerprint density at radius 1 is 1.29 bits per heavy atom. The lowest BCUT2D eigenvalue weighted by Crippen LogP contribution is -2.26. The van der Waals surface area contributed by atoms with Crippen LogP contribution in [0, 0.1) is 6.92 Å². The molecule has 1 aliphatic heterocycles. The molecule has 1 aromatic carbocycles. The Hall–Kier alpha value is -3.36. The second-order valence-corrected chi connectivity index (χ2v) is 9.91. The molecule has 4 aromatic rings. The summed E-state index contributed by atoms with van der Waals surface area (Å²) in [4.78, 5) is 24.1. The third-order valence-corrected chi connectivity index (χ3v) is 7.51. The van der Waals surface area contributed by atoms with E-state index in [0.29, 0.717) is 18.4 Å². The highest BCUT2D eigenvalue weighted by Crippen LogP contribution is 2.32. The van der Waals surface area contributed by atoms with Crippen LogP contribution in [0.3, 0.4) is 0 Å². The molecule has 1 aliphatic rings. The van der Waals surface area contributed by atoms with Crippen molar-refractivity contribution < 1.29 is 4.79 Å². The number of carbonyl (C=O) groups excluding carboxylic acids is 1. The fourth-order valence-electron chi connectivity index (χ4n) is 4.36. The highest BCUT2D eigenvalue weighted by molar-refractivity contribution is 7.14. The predicted octanol–water partition coefficient (Wildman–Crippen LogP) is 5.01. The minimum absolute atomic E-state index is 0.233. The molecule has 8 heteroatoms. The molecule has 4 heterocycles. The first-order valence-electron chi connectivity index (χ1n) is 11.5. The van der Waals surface area contributed by atoms with Gasteiger partial charge in [0.05, 0.1) is 22.5 Å². The van der Waals surface area contributed by atoms with Crippen LogP contribution in [0.1, 0.15) is 50.6 Å². The van der Waals surface area contributed by atoms with Gasteiger partial charge in [0.25, 0.3) is 0 Å². The molecule has 0 amide bonds. The number of aryl methyl sites for hydroxylation is 3. The van der Waals surface area contributed by atoms with E-state index >= 15 is 0 Å². The second-order valence-electron chi connectivity index (χ2n) is 8.77. The van der Waals surface area contributed by atoms with Gasteiger partial charge in [0.15, 0.2) is 5.78 Å². The molecule has 0 fully saturated rings. The highest BCUT2D eigenvalue weighted by atomic mass is 32.1. The van der Waals surface area contributed by atoms with E-state index < -0.39 is 0 Å². The summed E-state index contributed by atoms with van der Waals surface area (Å²) in [6, 6.07) is 10.6. The summed E-state index contributed by atoms with van der Waals surface area (Å²) in [7, 11) is 1.87. The minimum Gasteiger partial charge on any atom is -0.321 e. The summed E-state index contributed by atoms with van der Waals surface area (Å²) in [5.41, 5.74) is 6.36. The van der Waals surface area contributed by atoms with Crippen LogP contribution < -0.4 is 10.6 Å². The van der Waals surface area contributed by atoms with Gasteiger partial charge in [0.2, 0.25) is 5.95 Å². The molecule has 3 aromatic heterocycles. The zero-order valence-electron chi connectivity index (χ0n) is 19.6. The molecule has 1 unspecified atom stereocenters. The van der Waals surface area contributed by atoms with Crippen molar-refractivity contribution in [2.75, 3.05) is 11.9 Å². The number of benzene rings is 1. The molecule has 7 nitrogen and oxygen atoms in total. The Bertz CT molecular complexity index is 1340. The number of Topliss-reactive ketones (excluding diaryl/α,β-unsaturated/α-hetero) is 1. The Morgan fingerprint density at radius 2 is 2.18 bits per heavy atom. The van der Waals surface area contributed by atoms with Gasteiger partial charge in [-0.05, 0) is 61.6 Å². The number of carbonyl (C=O) groups is 1. The van der Waals surface area contributed by atoms with E-state index in [9.17, 15) is 4.79 Å². The van der Waals surface area contributed by atoms with Crippen LogP contribution in [0.25, 0.3) is 11.3 Å². The van der Waals surface area contributed by atoms with E-state index in [0.717, 1.165) is 46.8 Å². The van der Waals surface area contributed by atoms with Gasteiger partial charge >= 0.3 is 0 Å². The summed E-state index contributed by atoms with van der Waals surface area (Å²) in [6.45, 7) is 5.25. The lowest BCUT2D eigenvalue weighted by Gasteiger charge is -2.19. The molecule has 5 rings (SSSR count). The fraction of sp³-hybridized carbons (Fsp3) is 0.308. The van der Waals surface area contributed by atoms with Crippen LogP contribution in [0.2, 0.25) is 0 Å². The van der Waals surface area contributed by atoms with Crippen molar-refractivity contribution in [2.45, 2.75) is 39.2 Å². The standard InChI is InChI=1S/C26H28N6OS/c1-16-12-19(22-8-10-28-26(31-22)30-20-14-29-32(3)15-20)5-4-18(16)6-7-23(33)25-13-21-17(2)27-11-9-24(21)34-25/h4-5,8,10,12-15,17,27H,6-7,9,11H2,1-3H3,(H,28,30,31). The number of anilines is 2. The first kappa shape index (κ1) is 22.4. The molecule has 2 N–H and O–H groups in total. The quantitative estimate of drug-likeness (QED) is 0.368. The maximum atomic E-state index is 12.9. The van der Waals surface area contributed by atoms with Crippen molar-refractivity contribution in [1.29, 1.82) is 0 Å². The Morgan fingerprint density at radius 3 is 2.94 bits per heavy atom. The van der Waals surface area contributed by atoms with Gasteiger partial charge in [-0.15, -0.1) is 11.3 Å². The smallest absolute Gasteiger partial charge is 0.227 e. The number of thiophene rings is 1. The molecule has 0 saturated carbocycles. The van der Waals surface area contributed by atoms with Crippen molar-refractivity contribution >= 4 is 28.8 Å². The average Bonchev–Trinajstić information content (AvgIpc) is 3.45. The number of hydrogen-bond donors (Lipinski definition) is 2. The van der Waals surface area contributed by atoms with E-state index in [1.807, 2.05) is 19.3 Å². The van der Waals surface area contributed by atoms with Gasteiger partial charge in [-0.2, -0.15) is 5.10 Å². The molecule has 34 heavy (non-hydrogen) atoms. The van der Waals surface area contributed by atoms with Crippen molar-refractivity contribution in [3.63, 3.8) is 0 Å². The summed E-state index contributed by atoms with van der Waals surface area (Å²) < 4.78 is 1.73. The van der Waals surface area contributed by atoms with E-state index in [1.54, 1.807) is 28.4 Å². The van der Waals surface area contributed by atoms with E-state index in [2.05, 4.69) is 63.8 Å². The molecule has 0 spiro atoms.